The third kappa shape index (κ3) is 2.52. The highest BCUT2D eigenvalue weighted by molar-refractivity contribution is 5.30. The summed E-state index contributed by atoms with van der Waals surface area (Å²) in [5.41, 5.74) is 2.64. The molecule has 1 nitrogen and oxygen atoms in total. The first-order chi connectivity index (χ1) is 8.22. The summed E-state index contributed by atoms with van der Waals surface area (Å²) in [6.45, 7) is 4.01. The van der Waals surface area contributed by atoms with Gasteiger partial charge in [0.1, 0.15) is 5.82 Å². The Morgan fingerprint density at radius 3 is 2.53 bits per heavy atom. The predicted octanol–water partition coefficient (Wildman–Crippen LogP) is 4.07. The van der Waals surface area contributed by atoms with E-state index in [4.69, 9.17) is 0 Å². The first-order valence-corrected chi connectivity index (χ1v) is 5.90. The summed E-state index contributed by atoms with van der Waals surface area (Å²) in [5.74, 6) is -0.112. The van der Waals surface area contributed by atoms with Crippen LogP contribution in [0.1, 0.15) is 36.2 Å². The van der Waals surface area contributed by atoms with Crippen molar-refractivity contribution in [1.82, 2.24) is 4.98 Å². The highest BCUT2D eigenvalue weighted by Crippen LogP contribution is 2.28. The van der Waals surface area contributed by atoms with Gasteiger partial charge in [-0.15, -0.1) is 0 Å². The van der Waals surface area contributed by atoms with Crippen LogP contribution in [0.2, 0.25) is 0 Å². The lowest BCUT2D eigenvalue weighted by Gasteiger charge is -2.16. The molecular weight excluding hydrogens is 213 g/mol. The van der Waals surface area contributed by atoms with Crippen molar-refractivity contribution in [3.63, 3.8) is 0 Å². The van der Waals surface area contributed by atoms with Gasteiger partial charge in [0.15, 0.2) is 0 Å². The summed E-state index contributed by atoms with van der Waals surface area (Å²) in [6, 6.07) is 12.8. The average Bonchev–Trinajstić information content (AvgIpc) is 2.33. The van der Waals surface area contributed by atoms with E-state index in [-0.39, 0.29) is 11.7 Å². The van der Waals surface area contributed by atoms with Gasteiger partial charge in [0.05, 0.1) is 0 Å². The second-order valence-corrected chi connectivity index (χ2v) is 4.19. The van der Waals surface area contributed by atoms with E-state index in [1.165, 1.54) is 6.07 Å². The summed E-state index contributed by atoms with van der Waals surface area (Å²) in [6.07, 6.45) is 0.845. The molecule has 0 bridgehead atoms. The molecule has 1 unspecified atom stereocenters. The molecule has 0 N–H and O–H groups in total. The lowest BCUT2D eigenvalue weighted by molar-refractivity contribution is 0.588. The maximum Gasteiger partial charge on any atom is 0.127 e. The minimum atomic E-state index is -0.150. The van der Waals surface area contributed by atoms with E-state index in [1.54, 1.807) is 6.07 Å². The lowest BCUT2D eigenvalue weighted by Crippen LogP contribution is -2.05. The Balaban J connectivity index is 2.44. The summed E-state index contributed by atoms with van der Waals surface area (Å²) in [5, 5.41) is 0. The van der Waals surface area contributed by atoms with Gasteiger partial charge in [-0.3, -0.25) is 4.98 Å². The quantitative estimate of drug-likeness (QED) is 0.773. The Kier molecular flexibility index (Phi) is 3.52. The molecule has 0 saturated heterocycles. The third-order valence-electron chi connectivity index (χ3n) is 2.96. The summed E-state index contributed by atoms with van der Waals surface area (Å²) in [4.78, 5) is 4.50. The fourth-order valence-electron chi connectivity index (χ4n) is 2.10. The van der Waals surface area contributed by atoms with Crippen molar-refractivity contribution in [2.75, 3.05) is 0 Å². The number of pyridine rings is 1. The third-order valence-corrected chi connectivity index (χ3v) is 2.96. The largest absolute Gasteiger partial charge is 0.258 e. The van der Waals surface area contributed by atoms with Gasteiger partial charge in [0.2, 0.25) is 0 Å². The summed E-state index contributed by atoms with van der Waals surface area (Å²) in [7, 11) is 0. The smallest absolute Gasteiger partial charge is 0.127 e. The van der Waals surface area contributed by atoms with Gasteiger partial charge in [0.25, 0.3) is 0 Å². The molecule has 1 aromatic carbocycles. The van der Waals surface area contributed by atoms with E-state index in [1.807, 2.05) is 37.3 Å². The lowest BCUT2D eigenvalue weighted by atomic mass is 9.92. The second kappa shape index (κ2) is 5.09. The maximum atomic E-state index is 13.8. The molecule has 0 aliphatic carbocycles. The van der Waals surface area contributed by atoms with Crippen LogP contribution in [0.25, 0.3) is 0 Å². The van der Waals surface area contributed by atoms with Crippen LogP contribution in [0.15, 0.2) is 42.5 Å². The SMILES string of the molecule is CCC(c1cccc(C)n1)c1ccccc1F. The van der Waals surface area contributed by atoms with E-state index in [2.05, 4.69) is 11.9 Å². The molecule has 0 aliphatic rings. The van der Waals surface area contributed by atoms with Crippen LogP contribution in [0.4, 0.5) is 4.39 Å². The van der Waals surface area contributed by atoms with E-state index in [0.29, 0.717) is 0 Å². The van der Waals surface area contributed by atoms with E-state index < -0.39 is 0 Å². The van der Waals surface area contributed by atoms with Crippen molar-refractivity contribution >= 4 is 0 Å². The van der Waals surface area contributed by atoms with Crippen LogP contribution in [-0.2, 0) is 0 Å². The molecule has 0 saturated carbocycles. The fraction of sp³-hybridized carbons (Fsp3) is 0.267. The molecule has 1 aromatic heterocycles. The predicted molar refractivity (Wildman–Crippen MR) is 67.5 cm³/mol. The molecule has 17 heavy (non-hydrogen) atoms. The summed E-state index contributed by atoms with van der Waals surface area (Å²) < 4.78 is 13.8. The molecule has 1 atom stereocenters. The Bertz CT molecular complexity index is 508. The molecule has 1 heterocycles. The number of hydrogen-bond acceptors (Lipinski definition) is 1. The highest BCUT2D eigenvalue weighted by atomic mass is 19.1. The zero-order valence-corrected chi connectivity index (χ0v) is 10.2. The van der Waals surface area contributed by atoms with Crippen molar-refractivity contribution in [2.45, 2.75) is 26.2 Å². The van der Waals surface area contributed by atoms with Gasteiger partial charge in [0, 0.05) is 17.3 Å². The topological polar surface area (TPSA) is 12.9 Å². The zero-order valence-electron chi connectivity index (χ0n) is 10.2. The first kappa shape index (κ1) is 11.8. The van der Waals surface area contributed by atoms with Gasteiger partial charge in [-0.2, -0.15) is 0 Å². The second-order valence-electron chi connectivity index (χ2n) is 4.19. The van der Waals surface area contributed by atoms with Crippen LogP contribution in [0.3, 0.4) is 0 Å². The standard InChI is InChI=1S/C15H16FN/c1-3-12(13-8-4-5-9-14(13)16)15-10-6-7-11(2)17-15/h4-10,12H,3H2,1-2H3. The van der Waals surface area contributed by atoms with Gasteiger partial charge in [-0.25, -0.2) is 4.39 Å². The molecule has 2 aromatic rings. The van der Waals surface area contributed by atoms with Gasteiger partial charge in [-0.05, 0) is 37.1 Å². The molecular formula is C15H16FN. The van der Waals surface area contributed by atoms with E-state index in [9.17, 15) is 4.39 Å². The molecule has 0 spiro atoms. The van der Waals surface area contributed by atoms with Crippen LogP contribution >= 0.6 is 0 Å². The number of hydrogen-bond donors (Lipinski definition) is 0. The van der Waals surface area contributed by atoms with Crippen LogP contribution in [-0.4, -0.2) is 4.98 Å². The number of nitrogens with zero attached hydrogens (tertiary/aromatic N) is 1. The normalized spacial score (nSPS) is 12.4. The monoisotopic (exact) mass is 229 g/mol. The maximum absolute atomic E-state index is 13.8. The van der Waals surface area contributed by atoms with Crippen LogP contribution in [0.5, 0.6) is 0 Å². The fourth-order valence-corrected chi connectivity index (χ4v) is 2.10. The average molecular weight is 229 g/mol. The van der Waals surface area contributed by atoms with Gasteiger partial charge >= 0.3 is 0 Å². The molecule has 2 rings (SSSR count). The number of halogens is 1. The molecule has 0 radical (unpaired) electrons. The summed E-state index contributed by atoms with van der Waals surface area (Å²) >= 11 is 0. The molecule has 2 heteroatoms. The zero-order chi connectivity index (χ0) is 12.3. The number of rotatable bonds is 3. The minimum Gasteiger partial charge on any atom is -0.258 e. The van der Waals surface area contributed by atoms with E-state index in [0.717, 1.165) is 23.4 Å². The van der Waals surface area contributed by atoms with Crippen molar-refractivity contribution in [2.24, 2.45) is 0 Å². The molecule has 0 aliphatic heterocycles. The van der Waals surface area contributed by atoms with Crippen molar-refractivity contribution in [3.8, 4) is 0 Å². The molecule has 88 valence electrons. The Hall–Kier alpha value is -1.70. The Labute approximate surface area is 101 Å². The van der Waals surface area contributed by atoms with Crippen molar-refractivity contribution in [3.05, 3.63) is 65.2 Å². The first-order valence-electron chi connectivity index (χ1n) is 5.90. The Morgan fingerprint density at radius 1 is 1.12 bits per heavy atom. The van der Waals surface area contributed by atoms with E-state index >= 15 is 0 Å². The van der Waals surface area contributed by atoms with Crippen LogP contribution < -0.4 is 0 Å². The molecule has 0 fully saturated rings. The number of benzene rings is 1. The van der Waals surface area contributed by atoms with Crippen LogP contribution in [0, 0.1) is 12.7 Å². The van der Waals surface area contributed by atoms with Gasteiger partial charge < -0.3 is 0 Å². The van der Waals surface area contributed by atoms with Crippen molar-refractivity contribution in [1.29, 1.82) is 0 Å². The Morgan fingerprint density at radius 2 is 1.88 bits per heavy atom. The number of aryl methyl sites for hydroxylation is 1. The van der Waals surface area contributed by atoms with Gasteiger partial charge in [-0.1, -0.05) is 31.2 Å². The molecule has 0 amide bonds. The number of aromatic nitrogens is 1. The minimum absolute atomic E-state index is 0.0381. The highest BCUT2D eigenvalue weighted by Gasteiger charge is 2.16. The van der Waals surface area contributed by atoms with Crippen molar-refractivity contribution < 1.29 is 4.39 Å².